The van der Waals surface area contributed by atoms with Crippen molar-refractivity contribution >= 4 is 22.9 Å². The van der Waals surface area contributed by atoms with Crippen LogP contribution in [0, 0.1) is 5.92 Å². The summed E-state index contributed by atoms with van der Waals surface area (Å²) >= 11 is 7.51. The van der Waals surface area contributed by atoms with Gasteiger partial charge in [-0.05, 0) is 29.9 Å². The van der Waals surface area contributed by atoms with Gasteiger partial charge in [0.2, 0.25) is 0 Å². The molecule has 1 rings (SSSR count). The minimum atomic E-state index is 0.311. The van der Waals surface area contributed by atoms with E-state index in [0.29, 0.717) is 18.0 Å². The molecule has 2 atom stereocenters. The minimum absolute atomic E-state index is 0.311. The number of thiophene rings is 1. The predicted molar refractivity (Wildman–Crippen MR) is 71.4 cm³/mol. The molecule has 0 aliphatic rings. The van der Waals surface area contributed by atoms with E-state index in [2.05, 4.69) is 31.5 Å². The lowest BCUT2D eigenvalue weighted by atomic mass is 10.0. The summed E-state index contributed by atoms with van der Waals surface area (Å²) < 4.78 is 6.07. The van der Waals surface area contributed by atoms with E-state index >= 15 is 0 Å². The highest BCUT2D eigenvalue weighted by molar-refractivity contribution is 7.14. The molecule has 16 heavy (non-hydrogen) atoms. The topological polar surface area (TPSA) is 21.3 Å². The molecule has 0 amide bonds. The van der Waals surface area contributed by atoms with Crippen LogP contribution >= 0.6 is 22.9 Å². The van der Waals surface area contributed by atoms with E-state index in [1.807, 2.05) is 6.07 Å². The molecule has 2 nitrogen and oxygen atoms in total. The smallest absolute Gasteiger partial charge is 0.0931 e. The van der Waals surface area contributed by atoms with E-state index < -0.39 is 0 Å². The van der Waals surface area contributed by atoms with Crippen molar-refractivity contribution in [3.8, 4) is 0 Å². The van der Waals surface area contributed by atoms with Crippen LogP contribution in [0.5, 0.6) is 0 Å². The average molecular weight is 262 g/mol. The zero-order valence-electron chi connectivity index (χ0n) is 10.3. The molecular weight excluding hydrogens is 242 g/mol. The van der Waals surface area contributed by atoms with Crippen LogP contribution in [0.2, 0.25) is 4.34 Å². The van der Waals surface area contributed by atoms with Crippen LogP contribution in [0.25, 0.3) is 0 Å². The Morgan fingerprint density at radius 1 is 1.44 bits per heavy atom. The standard InChI is InChI=1S/C12H20ClNOS/c1-8(2)11(6-15-4)14-9(3)10-5-12(13)16-7-10/h5,7-9,11,14H,6H2,1-4H3. The summed E-state index contributed by atoms with van der Waals surface area (Å²) in [5.74, 6) is 0.552. The first-order valence-electron chi connectivity index (χ1n) is 5.53. The van der Waals surface area contributed by atoms with Crippen molar-refractivity contribution in [1.82, 2.24) is 5.32 Å². The number of rotatable bonds is 6. The zero-order valence-corrected chi connectivity index (χ0v) is 11.9. The molecule has 1 aromatic heterocycles. The van der Waals surface area contributed by atoms with Crippen LogP contribution in [0.15, 0.2) is 11.4 Å². The van der Waals surface area contributed by atoms with E-state index in [-0.39, 0.29) is 0 Å². The van der Waals surface area contributed by atoms with Gasteiger partial charge < -0.3 is 10.1 Å². The number of halogens is 1. The number of nitrogens with one attached hydrogen (secondary N) is 1. The predicted octanol–water partition coefficient (Wildman–Crippen LogP) is 3.72. The van der Waals surface area contributed by atoms with Crippen molar-refractivity contribution in [1.29, 1.82) is 0 Å². The molecule has 1 heterocycles. The van der Waals surface area contributed by atoms with Gasteiger partial charge in [0.05, 0.1) is 10.9 Å². The Bertz CT molecular complexity index is 314. The second kappa shape index (κ2) is 6.60. The van der Waals surface area contributed by atoms with Crippen LogP contribution in [0.1, 0.15) is 32.4 Å². The molecule has 0 saturated heterocycles. The van der Waals surface area contributed by atoms with Crippen LogP contribution in [0.3, 0.4) is 0 Å². The van der Waals surface area contributed by atoms with Gasteiger partial charge in [-0.2, -0.15) is 0 Å². The highest BCUT2D eigenvalue weighted by atomic mass is 35.5. The molecule has 2 unspecified atom stereocenters. The van der Waals surface area contributed by atoms with Gasteiger partial charge in [-0.15, -0.1) is 11.3 Å². The molecule has 0 radical (unpaired) electrons. The molecular formula is C12H20ClNOS. The van der Waals surface area contributed by atoms with Gasteiger partial charge in [0.15, 0.2) is 0 Å². The molecule has 92 valence electrons. The molecule has 0 aromatic carbocycles. The van der Waals surface area contributed by atoms with Crippen LogP contribution in [-0.2, 0) is 4.74 Å². The Kier molecular flexibility index (Phi) is 5.76. The Labute approximate surface area is 107 Å². The lowest BCUT2D eigenvalue weighted by molar-refractivity contribution is 0.141. The first-order valence-corrected chi connectivity index (χ1v) is 6.79. The monoisotopic (exact) mass is 261 g/mol. The van der Waals surface area contributed by atoms with Crippen molar-refractivity contribution in [3.63, 3.8) is 0 Å². The fraction of sp³-hybridized carbons (Fsp3) is 0.667. The van der Waals surface area contributed by atoms with E-state index in [0.717, 1.165) is 10.9 Å². The molecule has 0 spiro atoms. The highest BCUT2D eigenvalue weighted by Crippen LogP contribution is 2.25. The molecule has 0 aliphatic heterocycles. The summed E-state index contributed by atoms with van der Waals surface area (Å²) in [6.07, 6.45) is 0. The molecule has 0 aliphatic carbocycles. The molecule has 0 fully saturated rings. The Morgan fingerprint density at radius 3 is 2.56 bits per heavy atom. The minimum Gasteiger partial charge on any atom is -0.383 e. The maximum absolute atomic E-state index is 5.93. The maximum atomic E-state index is 5.93. The Morgan fingerprint density at radius 2 is 2.12 bits per heavy atom. The van der Waals surface area contributed by atoms with E-state index in [1.165, 1.54) is 5.56 Å². The zero-order chi connectivity index (χ0) is 12.1. The summed E-state index contributed by atoms with van der Waals surface area (Å²) in [5, 5.41) is 5.67. The van der Waals surface area contributed by atoms with E-state index in [4.69, 9.17) is 16.3 Å². The highest BCUT2D eigenvalue weighted by Gasteiger charge is 2.17. The maximum Gasteiger partial charge on any atom is 0.0931 e. The van der Waals surface area contributed by atoms with Crippen molar-refractivity contribution in [2.75, 3.05) is 13.7 Å². The molecule has 1 aromatic rings. The lowest BCUT2D eigenvalue weighted by Gasteiger charge is -2.25. The van der Waals surface area contributed by atoms with Crippen LogP contribution in [-0.4, -0.2) is 19.8 Å². The SMILES string of the molecule is COCC(NC(C)c1csc(Cl)c1)C(C)C. The van der Waals surface area contributed by atoms with Crippen molar-refractivity contribution in [3.05, 3.63) is 21.3 Å². The first kappa shape index (κ1) is 14.0. The third kappa shape index (κ3) is 4.06. The third-order valence-electron chi connectivity index (χ3n) is 2.70. The van der Waals surface area contributed by atoms with Gasteiger partial charge >= 0.3 is 0 Å². The van der Waals surface area contributed by atoms with Gasteiger partial charge in [0.1, 0.15) is 0 Å². The van der Waals surface area contributed by atoms with Gasteiger partial charge in [0, 0.05) is 19.2 Å². The largest absolute Gasteiger partial charge is 0.383 e. The number of hydrogen-bond donors (Lipinski definition) is 1. The fourth-order valence-corrected chi connectivity index (χ4v) is 2.56. The summed E-state index contributed by atoms with van der Waals surface area (Å²) in [6, 6.07) is 2.71. The summed E-state index contributed by atoms with van der Waals surface area (Å²) in [4.78, 5) is 0. The second-order valence-electron chi connectivity index (χ2n) is 4.38. The van der Waals surface area contributed by atoms with E-state index in [1.54, 1.807) is 18.4 Å². The molecule has 0 bridgehead atoms. The molecule has 0 saturated carbocycles. The van der Waals surface area contributed by atoms with Gasteiger partial charge in [0.25, 0.3) is 0 Å². The van der Waals surface area contributed by atoms with E-state index in [9.17, 15) is 0 Å². The van der Waals surface area contributed by atoms with Crippen molar-refractivity contribution in [2.24, 2.45) is 5.92 Å². The second-order valence-corrected chi connectivity index (χ2v) is 5.92. The number of hydrogen-bond acceptors (Lipinski definition) is 3. The molecule has 1 N–H and O–H groups in total. The number of methoxy groups -OCH3 is 1. The normalized spacial score (nSPS) is 15.4. The first-order chi connectivity index (χ1) is 7.54. The molecule has 4 heteroatoms. The number of ether oxygens (including phenoxy) is 1. The van der Waals surface area contributed by atoms with Crippen LogP contribution < -0.4 is 5.32 Å². The fourth-order valence-electron chi connectivity index (χ4n) is 1.58. The van der Waals surface area contributed by atoms with Crippen molar-refractivity contribution in [2.45, 2.75) is 32.9 Å². The van der Waals surface area contributed by atoms with Gasteiger partial charge in [-0.1, -0.05) is 25.4 Å². The van der Waals surface area contributed by atoms with Gasteiger partial charge in [-0.3, -0.25) is 0 Å². The summed E-state index contributed by atoms with van der Waals surface area (Å²) in [5.41, 5.74) is 1.25. The third-order valence-corrected chi connectivity index (χ3v) is 3.81. The average Bonchev–Trinajstić information content (AvgIpc) is 2.64. The Hall–Kier alpha value is -0.0900. The lowest BCUT2D eigenvalue weighted by Crippen LogP contribution is -2.39. The van der Waals surface area contributed by atoms with Crippen LogP contribution in [0.4, 0.5) is 0 Å². The van der Waals surface area contributed by atoms with Crippen molar-refractivity contribution < 1.29 is 4.74 Å². The summed E-state index contributed by atoms with van der Waals surface area (Å²) in [7, 11) is 1.74. The van der Waals surface area contributed by atoms with Gasteiger partial charge in [-0.25, -0.2) is 0 Å². The quantitative estimate of drug-likeness (QED) is 0.843. The Balaban J connectivity index is 2.57. The summed E-state index contributed by atoms with van der Waals surface area (Å²) in [6.45, 7) is 7.29.